The number of aromatic hydroxyl groups is 1. The minimum absolute atomic E-state index is 0.158. The zero-order valence-corrected chi connectivity index (χ0v) is 19.3. The number of benzene rings is 1. The molecular formula is C22H33NO2S2. The van der Waals surface area contributed by atoms with E-state index in [-0.39, 0.29) is 16.7 Å². The Morgan fingerprint density at radius 2 is 1.70 bits per heavy atom. The van der Waals surface area contributed by atoms with Crippen molar-refractivity contribution in [2.24, 2.45) is 0 Å². The lowest BCUT2D eigenvalue weighted by molar-refractivity contribution is -0.125. The molecule has 1 aromatic carbocycles. The molecule has 27 heavy (non-hydrogen) atoms. The zero-order valence-electron chi connectivity index (χ0n) is 17.7. The fourth-order valence-corrected chi connectivity index (χ4v) is 4.69. The fourth-order valence-electron chi connectivity index (χ4n) is 3.10. The largest absolute Gasteiger partial charge is 0.507 e. The Morgan fingerprint density at radius 1 is 1.15 bits per heavy atom. The van der Waals surface area contributed by atoms with Gasteiger partial charge in [-0.15, -0.1) is 0 Å². The second-order valence-corrected chi connectivity index (χ2v) is 11.4. The smallest absolute Gasteiger partial charge is 0.237 e. The van der Waals surface area contributed by atoms with Gasteiger partial charge in [0.05, 0.1) is 10.8 Å². The summed E-state index contributed by atoms with van der Waals surface area (Å²) in [5.41, 5.74) is 2.63. The molecular weight excluding hydrogens is 374 g/mol. The minimum Gasteiger partial charge on any atom is -0.507 e. The second kappa shape index (κ2) is 8.52. The Balaban J connectivity index is 2.48. The van der Waals surface area contributed by atoms with Crippen LogP contribution in [0.1, 0.15) is 65.2 Å². The molecule has 1 aliphatic heterocycles. The van der Waals surface area contributed by atoms with Crippen LogP contribution in [0.4, 0.5) is 0 Å². The van der Waals surface area contributed by atoms with E-state index >= 15 is 0 Å². The molecule has 1 saturated heterocycles. The van der Waals surface area contributed by atoms with Crippen molar-refractivity contribution in [2.45, 2.75) is 59.3 Å². The van der Waals surface area contributed by atoms with Gasteiger partial charge < -0.3 is 10.0 Å². The molecule has 150 valence electrons. The van der Waals surface area contributed by atoms with Crippen LogP contribution in [0.3, 0.4) is 0 Å². The van der Waals surface area contributed by atoms with Gasteiger partial charge in [0.25, 0.3) is 0 Å². The molecule has 0 bridgehead atoms. The van der Waals surface area contributed by atoms with Crippen LogP contribution in [-0.4, -0.2) is 39.7 Å². The normalized spacial score (nSPS) is 17.2. The van der Waals surface area contributed by atoms with Crippen molar-refractivity contribution in [1.82, 2.24) is 4.90 Å². The summed E-state index contributed by atoms with van der Waals surface area (Å²) in [6, 6.07) is 4.14. The Morgan fingerprint density at radius 3 is 2.19 bits per heavy atom. The van der Waals surface area contributed by atoms with E-state index in [0.717, 1.165) is 39.8 Å². The summed E-state index contributed by atoms with van der Waals surface area (Å²) < 4.78 is 0. The first-order valence-corrected chi connectivity index (χ1v) is 11.7. The summed E-state index contributed by atoms with van der Waals surface area (Å²) in [5.74, 6) is 3.11. The summed E-state index contributed by atoms with van der Waals surface area (Å²) in [5, 5.41) is 11.9. The van der Waals surface area contributed by atoms with Gasteiger partial charge in [-0.1, -0.05) is 60.2 Å². The first kappa shape index (κ1) is 22.2. The van der Waals surface area contributed by atoms with E-state index in [4.69, 9.17) is 0 Å². The molecule has 0 saturated carbocycles. The van der Waals surface area contributed by atoms with E-state index in [1.165, 1.54) is 0 Å². The van der Waals surface area contributed by atoms with E-state index in [2.05, 4.69) is 66.7 Å². The number of amides is 1. The minimum atomic E-state index is -0.158. The molecule has 1 aliphatic rings. The number of carbonyl (C=O) groups excluding carboxylic acids is 1. The molecule has 1 aromatic rings. The molecule has 1 N–H and O–H groups in total. The predicted molar refractivity (Wildman–Crippen MR) is 121 cm³/mol. The van der Waals surface area contributed by atoms with Gasteiger partial charge in [-0.05, 0) is 40.4 Å². The second-order valence-electron chi connectivity index (χ2n) is 8.98. The van der Waals surface area contributed by atoms with Crippen LogP contribution in [0, 0.1) is 0 Å². The third-order valence-electron chi connectivity index (χ3n) is 4.61. The van der Waals surface area contributed by atoms with Crippen molar-refractivity contribution in [1.29, 1.82) is 0 Å². The summed E-state index contributed by atoms with van der Waals surface area (Å²) in [7, 11) is 0. The average Bonchev–Trinajstić information content (AvgIpc) is 2.87. The van der Waals surface area contributed by atoms with E-state index in [9.17, 15) is 9.90 Å². The lowest BCUT2D eigenvalue weighted by Crippen LogP contribution is -2.27. The van der Waals surface area contributed by atoms with Gasteiger partial charge in [0.1, 0.15) is 5.75 Å². The quantitative estimate of drug-likeness (QED) is 0.644. The Labute approximate surface area is 173 Å². The number of carbonyl (C=O) groups is 1. The van der Waals surface area contributed by atoms with E-state index in [1.807, 2.05) is 16.7 Å². The number of phenolic OH excluding ortho intramolecular Hbond substituents is 1. The maximum absolute atomic E-state index is 12.3. The molecule has 1 fully saturated rings. The van der Waals surface area contributed by atoms with Gasteiger partial charge >= 0.3 is 0 Å². The molecule has 0 atom stereocenters. The van der Waals surface area contributed by atoms with Crippen LogP contribution < -0.4 is 0 Å². The van der Waals surface area contributed by atoms with Crippen molar-refractivity contribution in [3.63, 3.8) is 0 Å². The monoisotopic (exact) mass is 407 g/mol. The van der Waals surface area contributed by atoms with Gasteiger partial charge in [-0.2, -0.15) is 11.8 Å². The number of thioether (sulfide) groups is 2. The number of hydrogen-bond acceptors (Lipinski definition) is 4. The highest BCUT2D eigenvalue weighted by molar-refractivity contribution is 8.04. The van der Waals surface area contributed by atoms with Crippen LogP contribution in [0.15, 0.2) is 17.2 Å². The van der Waals surface area contributed by atoms with Crippen molar-refractivity contribution >= 4 is 35.5 Å². The maximum Gasteiger partial charge on any atom is 0.237 e. The first-order chi connectivity index (χ1) is 12.4. The number of hydrogen-bond donors (Lipinski definition) is 1. The van der Waals surface area contributed by atoms with Crippen LogP contribution in [-0.2, 0) is 15.6 Å². The molecule has 0 aromatic heterocycles. The fraction of sp³-hybridized carbons (Fsp3) is 0.591. The molecule has 0 aliphatic carbocycles. The zero-order chi connectivity index (χ0) is 20.4. The Hall–Kier alpha value is -1.07. The molecule has 1 heterocycles. The Kier molecular flexibility index (Phi) is 7.01. The predicted octanol–water partition coefficient (Wildman–Crippen LogP) is 5.61. The van der Waals surface area contributed by atoms with E-state index in [1.54, 1.807) is 11.8 Å². The van der Waals surface area contributed by atoms with Crippen molar-refractivity contribution in [3.05, 3.63) is 33.9 Å². The van der Waals surface area contributed by atoms with Crippen LogP contribution in [0.2, 0.25) is 0 Å². The van der Waals surface area contributed by atoms with E-state index < -0.39 is 0 Å². The third kappa shape index (κ3) is 5.47. The third-order valence-corrected chi connectivity index (χ3v) is 6.52. The van der Waals surface area contributed by atoms with Crippen molar-refractivity contribution < 1.29 is 9.90 Å². The van der Waals surface area contributed by atoms with Gasteiger partial charge in [0.15, 0.2) is 0 Å². The summed E-state index contributed by atoms with van der Waals surface area (Å²) >= 11 is 3.46. The van der Waals surface area contributed by atoms with Crippen LogP contribution in [0.5, 0.6) is 5.75 Å². The lowest BCUT2D eigenvalue weighted by atomic mass is 9.78. The molecule has 5 heteroatoms. The highest BCUT2D eigenvalue weighted by Gasteiger charge is 2.28. The van der Waals surface area contributed by atoms with E-state index in [0.29, 0.717) is 11.5 Å². The topological polar surface area (TPSA) is 40.5 Å². The highest BCUT2D eigenvalue weighted by atomic mass is 32.2. The van der Waals surface area contributed by atoms with Gasteiger partial charge in [-0.25, -0.2) is 0 Å². The first-order valence-electron chi connectivity index (χ1n) is 9.55. The Bertz CT molecular complexity index is 692. The number of phenols is 1. The summed E-state index contributed by atoms with van der Waals surface area (Å²) in [6.07, 6.45) is 2.11. The standard InChI is InChI=1S/C22H33NO2S2/c1-8-26-10-9-23-18(24)14-27-19(23)13-15-11-16(21(2,3)4)20(25)17(12-15)22(5,6)7/h11-13,25H,8-10,14H2,1-7H3. The number of nitrogens with zero attached hydrogens (tertiary/aromatic N) is 1. The van der Waals surface area contributed by atoms with Crippen LogP contribution in [0.25, 0.3) is 6.08 Å². The highest BCUT2D eigenvalue weighted by Crippen LogP contribution is 2.41. The van der Waals surface area contributed by atoms with Crippen LogP contribution >= 0.6 is 23.5 Å². The van der Waals surface area contributed by atoms with Gasteiger partial charge in [0.2, 0.25) is 5.91 Å². The molecule has 0 unspecified atom stereocenters. The molecule has 1 amide bonds. The van der Waals surface area contributed by atoms with Gasteiger partial charge in [0, 0.05) is 23.4 Å². The summed E-state index contributed by atoms with van der Waals surface area (Å²) in [4.78, 5) is 14.2. The molecule has 0 radical (unpaired) electrons. The SMILES string of the molecule is CCSCCN1C(=O)CSC1=Cc1cc(C(C)(C)C)c(O)c(C(C)(C)C)c1. The van der Waals surface area contributed by atoms with Crippen molar-refractivity contribution in [3.8, 4) is 5.75 Å². The lowest BCUT2D eigenvalue weighted by Gasteiger charge is -2.28. The molecule has 0 spiro atoms. The number of rotatable bonds is 5. The van der Waals surface area contributed by atoms with Gasteiger partial charge in [-0.3, -0.25) is 4.79 Å². The average molecular weight is 408 g/mol. The maximum atomic E-state index is 12.3. The molecule has 3 nitrogen and oxygen atoms in total. The summed E-state index contributed by atoms with van der Waals surface area (Å²) in [6.45, 7) is 15.6. The van der Waals surface area contributed by atoms with Crippen molar-refractivity contribution in [2.75, 3.05) is 23.8 Å². The molecule has 2 rings (SSSR count).